The molecule has 0 amide bonds. The summed E-state index contributed by atoms with van der Waals surface area (Å²) < 4.78 is 1.90. The fraction of sp³-hybridized carbons (Fsp3) is 0.250. The van der Waals surface area contributed by atoms with Crippen molar-refractivity contribution in [3.8, 4) is 0 Å². The molecule has 1 atom stereocenters. The van der Waals surface area contributed by atoms with Gasteiger partial charge in [-0.2, -0.15) is 5.10 Å². The number of pyridine rings is 1. The summed E-state index contributed by atoms with van der Waals surface area (Å²) in [7, 11) is 0. The summed E-state index contributed by atoms with van der Waals surface area (Å²) in [4.78, 5) is 14.6. The number of aromatic amines is 1. The molecule has 0 aliphatic rings. The molecule has 0 aliphatic carbocycles. The van der Waals surface area contributed by atoms with Crippen molar-refractivity contribution in [2.24, 2.45) is 0 Å². The lowest BCUT2D eigenvalue weighted by Crippen LogP contribution is -2.12. The van der Waals surface area contributed by atoms with Crippen molar-refractivity contribution in [2.45, 2.75) is 26.8 Å². The molecule has 4 nitrogen and oxygen atoms in total. The first-order valence-corrected chi connectivity index (χ1v) is 6.71. The maximum absolute atomic E-state index is 11.7. The summed E-state index contributed by atoms with van der Waals surface area (Å²) in [6.07, 6.45) is 0. The van der Waals surface area contributed by atoms with Crippen molar-refractivity contribution >= 4 is 11.0 Å². The molecule has 0 radical (unpaired) electrons. The summed E-state index contributed by atoms with van der Waals surface area (Å²) >= 11 is 0. The second-order valence-corrected chi connectivity index (χ2v) is 5.16. The molecule has 0 bridgehead atoms. The maximum Gasteiger partial charge on any atom is 0.249 e. The summed E-state index contributed by atoms with van der Waals surface area (Å²) in [5, 5.41) is 5.65. The van der Waals surface area contributed by atoms with E-state index >= 15 is 0 Å². The molecule has 2 aromatic heterocycles. The monoisotopic (exact) mass is 267 g/mol. The Morgan fingerprint density at radius 3 is 2.60 bits per heavy atom. The Hall–Kier alpha value is -2.36. The number of hydrogen-bond donors (Lipinski definition) is 1. The van der Waals surface area contributed by atoms with Crippen LogP contribution in [0.25, 0.3) is 11.0 Å². The van der Waals surface area contributed by atoms with Gasteiger partial charge in [0, 0.05) is 11.5 Å². The number of benzene rings is 1. The van der Waals surface area contributed by atoms with Gasteiger partial charge < -0.3 is 4.98 Å². The van der Waals surface area contributed by atoms with E-state index in [0.29, 0.717) is 0 Å². The number of hydrogen-bond acceptors (Lipinski definition) is 2. The Kier molecular flexibility index (Phi) is 2.93. The van der Waals surface area contributed by atoms with Gasteiger partial charge in [0.25, 0.3) is 0 Å². The number of rotatable bonds is 2. The number of H-pyrrole nitrogens is 1. The summed E-state index contributed by atoms with van der Waals surface area (Å²) in [6, 6.07) is 11.9. The molecule has 20 heavy (non-hydrogen) atoms. The quantitative estimate of drug-likeness (QED) is 0.776. The van der Waals surface area contributed by atoms with E-state index in [4.69, 9.17) is 0 Å². The van der Waals surface area contributed by atoms with Crippen LogP contribution in [0.2, 0.25) is 0 Å². The third-order valence-electron chi connectivity index (χ3n) is 3.72. The van der Waals surface area contributed by atoms with Crippen molar-refractivity contribution in [3.63, 3.8) is 0 Å². The molecule has 0 saturated heterocycles. The summed E-state index contributed by atoms with van der Waals surface area (Å²) in [5.74, 6) is 0. The van der Waals surface area contributed by atoms with E-state index in [9.17, 15) is 4.79 Å². The fourth-order valence-electron chi connectivity index (χ4n) is 2.71. The van der Waals surface area contributed by atoms with Crippen LogP contribution >= 0.6 is 0 Å². The average molecular weight is 267 g/mol. The zero-order valence-corrected chi connectivity index (χ0v) is 11.8. The van der Waals surface area contributed by atoms with Gasteiger partial charge >= 0.3 is 0 Å². The third-order valence-corrected chi connectivity index (χ3v) is 3.72. The second kappa shape index (κ2) is 4.63. The Bertz CT molecular complexity index is 815. The van der Waals surface area contributed by atoms with E-state index in [2.05, 4.69) is 29.1 Å². The first kappa shape index (κ1) is 12.7. The highest BCUT2D eigenvalue weighted by atomic mass is 16.1. The van der Waals surface area contributed by atoms with Crippen molar-refractivity contribution in [1.82, 2.24) is 14.8 Å². The van der Waals surface area contributed by atoms with Gasteiger partial charge in [-0.1, -0.05) is 30.3 Å². The van der Waals surface area contributed by atoms with E-state index in [0.717, 1.165) is 22.3 Å². The van der Waals surface area contributed by atoms with Crippen LogP contribution in [-0.2, 0) is 0 Å². The highest BCUT2D eigenvalue weighted by Crippen LogP contribution is 2.25. The molecule has 4 heteroatoms. The Labute approximate surface area is 117 Å². The van der Waals surface area contributed by atoms with Crippen LogP contribution in [0.1, 0.15) is 29.8 Å². The molecule has 2 heterocycles. The number of nitrogens with one attached hydrogen (secondary N) is 1. The normalized spacial score (nSPS) is 12.8. The van der Waals surface area contributed by atoms with Crippen LogP contribution in [0.3, 0.4) is 0 Å². The minimum atomic E-state index is -0.0867. The Morgan fingerprint density at radius 2 is 1.90 bits per heavy atom. The van der Waals surface area contributed by atoms with Gasteiger partial charge in [-0.25, -0.2) is 4.68 Å². The number of aromatic nitrogens is 3. The molecule has 3 aromatic rings. The van der Waals surface area contributed by atoms with E-state index in [1.807, 2.05) is 36.7 Å². The highest BCUT2D eigenvalue weighted by Gasteiger charge is 2.16. The minimum absolute atomic E-state index is 0.0739. The van der Waals surface area contributed by atoms with Crippen LogP contribution in [0.15, 0.2) is 41.2 Å². The molecule has 102 valence electrons. The average Bonchev–Trinajstić information content (AvgIpc) is 2.76. The molecule has 0 aliphatic heterocycles. The smallest absolute Gasteiger partial charge is 0.249 e. The van der Waals surface area contributed by atoms with Crippen molar-refractivity contribution < 1.29 is 0 Å². The second-order valence-electron chi connectivity index (χ2n) is 5.16. The maximum atomic E-state index is 11.7. The zero-order chi connectivity index (χ0) is 14.3. The number of fused-ring (bicyclic) bond motifs is 1. The van der Waals surface area contributed by atoms with Crippen LogP contribution in [0, 0.1) is 13.8 Å². The molecule has 1 aromatic carbocycles. The minimum Gasteiger partial charge on any atom is -0.307 e. The first-order valence-electron chi connectivity index (χ1n) is 6.71. The molecule has 0 saturated carbocycles. The van der Waals surface area contributed by atoms with Gasteiger partial charge in [-0.05, 0) is 31.9 Å². The van der Waals surface area contributed by atoms with Crippen LogP contribution < -0.4 is 5.56 Å². The molecule has 0 spiro atoms. The van der Waals surface area contributed by atoms with Crippen molar-refractivity contribution in [2.75, 3.05) is 0 Å². The number of aryl methyl sites for hydroxylation is 2. The third kappa shape index (κ3) is 1.93. The standard InChI is InChI=1S/C16H17N3O/c1-10-9-14(20)17-16-15(10)11(2)18-19(16)12(3)13-7-5-4-6-8-13/h4-9,12H,1-3H3,(H,17,20)/t12-/m1/s1. The van der Waals surface area contributed by atoms with Gasteiger partial charge in [-0.3, -0.25) is 4.79 Å². The fourth-order valence-corrected chi connectivity index (χ4v) is 2.71. The van der Waals surface area contributed by atoms with Crippen LogP contribution in [-0.4, -0.2) is 14.8 Å². The van der Waals surface area contributed by atoms with Gasteiger partial charge in [0.2, 0.25) is 5.56 Å². The van der Waals surface area contributed by atoms with Crippen molar-refractivity contribution in [3.05, 3.63) is 63.6 Å². The molecular weight excluding hydrogens is 250 g/mol. The molecule has 0 fully saturated rings. The lowest BCUT2D eigenvalue weighted by atomic mass is 10.1. The topological polar surface area (TPSA) is 50.7 Å². The Balaban J connectivity index is 2.25. The number of nitrogens with zero attached hydrogens (tertiary/aromatic N) is 2. The largest absolute Gasteiger partial charge is 0.307 e. The molecular formula is C16H17N3O. The first-order chi connectivity index (χ1) is 9.58. The summed E-state index contributed by atoms with van der Waals surface area (Å²) in [6.45, 7) is 6.01. The summed E-state index contributed by atoms with van der Waals surface area (Å²) in [5.41, 5.74) is 3.78. The van der Waals surface area contributed by atoms with E-state index in [1.54, 1.807) is 6.07 Å². The van der Waals surface area contributed by atoms with E-state index < -0.39 is 0 Å². The van der Waals surface area contributed by atoms with E-state index in [1.165, 1.54) is 5.56 Å². The van der Waals surface area contributed by atoms with Gasteiger partial charge in [-0.15, -0.1) is 0 Å². The van der Waals surface area contributed by atoms with Gasteiger partial charge in [0.15, 0.2) is 0 Å². The molecule has 1 N–H and O–H groups in total. The van der Waals surface area contributed by atoms with Gasteiger partial charge in [0.1, 0.15) is 5.65 Å². The molecule has 3 rings (SSSR count). The van der Waals surface area contributed by atoms with E-state index in [-0.39, 0.29) is 11.6 Å². The van der Waals surface area contributed by atoms with Crippen LogP contribution in [0.4, 0.5) is 0 Å². The highest BCUT2D eigenvalue weighted by molar-refractivity contribution is 5.81. The molecule has 0 unspecified atom stereocenters. The lowest BCUT2D eigenvalue weighted by molar-refractivity contribution is 0.574. The zero-order valence-electron chi connectivity index (χ0n) is 11.8. The predicted octanol–water partition coefficient (Wildman–Crippen LogP) is 2.95. The lowest BCUT2D eigenvalue weighted by Gasteiger charge is -2.13. The van der Waals surface area contributed by atoms with Gasteiger partial charge in [0.05, 0.1) is 11.7 Å². The SMILES string of the molecule is Cc1cc(=O)[nH]c2c1c(C)nn2[C@H](C)c1ccccc1. The predicted molar refractivity (Wildman–Crippen MR) is 80.1 cm³/mol. The van der Waals surface area contributed by atoms with Crippen molar-refractivity contribution in [1.29, 1.82) is 0 Å². The van der Waals surface area contributed by atoms with Crippen LogP contribution in [0.5, 0.6) is 0 Å². The Morgan fingerprint density at radius 1 is 1.20 bits per heavy atom.